The second-order valence-electron chi connectivity index (χ2n) is 3.93. The van der Waals surface area contributed by atoms with Crippen molar-refractivity contribution < 1.29 is 0 Å². The zero-order chi connectivity index (χ0) is 10.7. The smallest absolute Gasteiger partial charge is 0.120 e. The second kappa shape index (κ2) is 4.99. The molecular formula is C12H14Cl2S. The zero-order valence-electron chi connectivity index (χ0n) is 8.46. The van der Waals surface area contributed by atoms with Crippen molar-refractivity contribution in [2.24, 2.45) is 0 Å². The lowest BCUT2D eigenvalue weighted by molar-refractivity contribution is 0.490. The maximum Gasteiger partial charge on any atom is 0.130 e. The van der Waals surface area contributed by atoms with Crippen LogP contribution in [-0.4, -0.2) is 9.58 Å². The van der Waals surface area contributed by atoms with Gasteiger partial charge in [0, 0.05) is 10.1 Å². The highest BCUT2D eigenvalue weighted by molar-refractivity contribution is 8.00. The summed E-state index contributed by atoms with van der Waals surface area (Å²) >= 11 is 14.5. The van der Waals surface area contributed by atoms with E-state index in [0.29, 0.717) is 5.25 Å². The van der Waals surface area contributed by atoms with Crippen LogP contribution in [0, 0.1) is 0 Å². The average Bonchev–Trinajstić information content (AvgIpc) is 2.23. The van der Waals surface area contributed by atoms with E-state index in [2.05, 4.69) is 24.3 Å². The zero-order valence-corrected chi connectivity index (χ0v) is 10.8. The summed E-state index contributed by atoms with van der Waals surface area (Å²) in [4.78, 5) is 1.26. The summed E-state index contributed by atoms with van der Waals surface area (Å²) in [6.07, 6.45) is 4.43. The third-order valence-corrected chi connectivity index (χ3v) is 5.35. The highest BCUT2D eigenvalue weighted by atomic mass is 35.5. The van der Waals surface area contributed by atoms with Crippen molar-refractivity contribution in [3.63, 3.8) is 0 Å². The molecule has 0 nitrogen and oxygen atoms in total. The molecule has 1 aromatic rings. The monoisotopic (exact) mass is 260 g/mol. The first-order valence-corrected chi connectivity index (χ1v) is 6.91. The Labute approximate surface area is 105 Å². The van der Waals surface area contributed by atoms with Crippen LogP contribution in [-0.2, 0) is 0 Å². The number of hydrogen-bond acceptors (Lipinski definition) is 1. The number of halogens is 2. The summed E-state index contributed by atoms with van der Waals surface area (Å²) in [5.74, 6) is 0. The van der Waals surface area contributed by atoms with E-state index in [4.69, 9.17) is 23.2 Å². The van der Waals surface area contributed by atoms with Crippen molar-refractivity contribution >= 4 is 35.0 Å². The van der Waals surface area contributed by atoms with Gasteiger partial charge >= 0.3 is 0 Å². The molecule has 3 heteroatoms. The third-order valence-electron chi connectivity index (χ3n) is 2.72. The maximum atomic E-state index is 6.33. The Hall–Kier alpha value is 0.150. The molecule has 1 aromatic carbocycles. The van der Waals surface area contributed by atoms with E-state index in [1.807, 2.05) is 17.8 Å². The quantitative estimate of drug-likeness (QED) is 0.682. The molecule has 0 N–H and O–H groups in total. The minimum absolute atomic E-state index is 0.331. The summed E-state index contributed by atoms with van der Waals surface area (Å²) in [7, 11) is 0. The lowest BCUT2D eigenvalue weighted by Gasteiger charge is -2.33. The molecule has 1 atom stereocenters. The Kier molecular flexibility index (Phi) is 3.87. The fraction of sp³-hybridized carbons (Fsp3) is 0.500. The minimum Gasteiger partial charge on any atom is -0.120 e. The molecule has 0 amide bonds. The van der Waals surface area contributed by atoms with Crippen LogP contribution < -0.4 is 0 Å². The van der Waals surface area contributed by atoms with Crippen molar-refractivity contribution in [3.05, 3.63) is 30.3 Å². The molecule has 15 heavy (non-hydrogen) atoms. The fourth-order valence-electron chi connectivity index (χ4n) is 1.87. The van der Waals surface area contributed by atoms with Crippen LogP contribution in [0.25, 0.3) is 0 Å². The lowest BCUT2D eigenvalue weighted by atomic mass is 9.99. The van der Waals surface area contributed by atoms with Crippen LogP contribution in [0.4, 0.5) is 0 Å². The standard InChI is InChI=1S/C12H14Cl2S/c13-12(14)9-5-4-8-11(12)15-10-6-2-1-3-7-10/h1-3,6-7,11H,4-5,8-9H2. The summed E-state index contributed by atoms with van der Waals surface area (Å²) < 4.78 is -0.543. The molecule has 0 radical (unpaired) electrons. The van der Waals surface area contributed by atoms with Gasteiger partial charge in [-0.3, -0.25) is 0 Å². The molecule has 0 aliphatic heterocycles. The van der Waals surface area contributed by atoms with E-state index in [1.165, 1.54) is 11.3 Å². The molecule has 0 heterocycles. The van der Waals surface area contributed by atoms with Crippen LogP contribution in [0.3, 0.4) is 0 Å². The van der Waals surface area contributed by atoms with Gasteiger partial charge in [0.1, 0.15) is 4.33 Å². The lowest BCUT2D eigenvalue weighted by Crippen LogP contribution is -2.31. The Morgan fingerprint density at radius 1 is 1.13 bits per heavy atom. The molecule has 1 fully saturated rings. The number of rotatable bonds is 2. The van der Waals surface area contributed by atoms with Crippen LogP contribution in [0.15, 0.2) is 35.2 Å². The summed E-state index contributed by atoms with van der Waals surface area (Å²) in [5, 5.41) is 0.331. The van der Waals surface area contributed by atoms with Gasteiger partial charge in [0.25, 0.3) is 0 Å². The van der Waals surface area contributed by atoms with Crippen molar-refractivity contribution in [3.8, 4) is 0 Å². The molecular weight excluding hydrogens is 247 g/mol. The van der Waals surface area contributed by atoms with Crippen molar-refractivity contribution in [2.75, 3.05) is 0 Å². The molecule has 0 aromatic heterocycles. The maximum absolute atomic E-state index is 6.33. The third kappa shape index (κ3) is 3.05. The van der Waals surface area contributed by atoms with E-state index >= 15 is 0 Å². The number of hydrogen-bond donors (Lipinski definition) is 0. The number of benzene rings is 1. The van der Waals surface area contributed by atoms with E-state index < -0.39 is 4.33 Å². The SMILES string of the molecule is ClC1(Cl)CCCCC1Sc1ccccc1. The Morgan fingerprint density at radius 2 is 1.87 bits per heavy atom. The first-order valence-electron chi connectivity index (χ1n) is 5.28. The average molecular weight is 261 g/mol. The molecule has 2 rings (SSSR count). The van der Waals surface area contributed by atoms with Gasteiger partial charge in [0.15, 0.2) is 0 Å². The van der Waals surface area contributed by atoms with Gasteiger partial charge in [-0.25, -0.2) is 0 Å². The van der Waals surface area contributed by atoms with Crippen LogP contribution in [0.5, 0.6) is 0 Å². The molecule has 0 saturated heterocycles. The second-order valence-corrected chi connectivity index (χ2v) is 6.74. The van der Waals surface area contributed by atoms with Gasteiger partial charge in [0.2, 0.25) is 0 Å². The Morgan fingerprint density at radius 3 is 2.53 bits per heavy atom. The summed E-state index contributed by atoms with van der Waals surface area (Å²) in [6, 6.07) is 10.4. The molecule has 82 valence electrons. The van der Waals surface area contributed by atoms with Crippen LogP contribution in [0.2, 0.25) is 0 Å². The molecule has 1 aliphatic carbocycles. The van der Waals surface area contributed by atoms with Crippen molar-refractivity contribution in [1.29, 1.82) is 0 Å². The normalized spacial score (nSPS) is 25.1. The van der Waals surface area contributed by atoms with E-state index in [0.717, 1.165) is 19.3 Å². The Bertz CT molecular complexity index is 311. The van der Waals surface area contributed by atoms with Crippen molar-refractivity contribution in [1.82, 2.24) is 0 Å². The number of alkyl halides is 2. The first-order chi connectivity index (χ1) is 7.18. The molecule has 1 aliphatic rings. The first kappa shape index (κ1) is 11.6. The Balaban J connectivity index is 2.05. The molecule has 0 bridgehead atoms. The predicted molar refractivity (Wildman–Crippen MR) is 69.0 cm³/mol. The predicted octanol–water partition coefficient (Wildman–Crippen LogP) is 4.90. The highest BCUT2D eigenvalue weighted by Crippen LogP contribution is 2.46. The van der Waals surface area contributed by atoms with Gasteiger partial charge in [0.05, 0.1) is 0 Å². The van der Waals surface area contributed by atoms with Gasteiger partial charge in [-0.1, -0.05) is 31.0 Å². The number of thioether (sulfide) groups is 1. The van der Waals surface area contributed by atoms with Gasteiger partial charge in [-0.2, -0.15) is 0 Å². The topological polar surface area (TPSA) is 0 Å². The minimum atomic E-state index is -0.543. The van der Waals surface area contributed by atoms with Crippen molar-refractivity contribution in [2.45, 2.75) is 40.2 Å². The van der Waals surface area contributed by atoms with Gasteiger partial charge < -0.3 is 0 Å². The van der Waals surface area contributed by atoms with Gasteiger partial charge in [-0.15, -0.1) is 35.0 Å². The van der Waals surface area contributed by atoms with E-state index in [1.54, 1.807) is 0 Å². The van der Waals surface area contributed by atoms with E-state index in [-0.39, 0.29) is 0 Å². The van der Waals surface area contributed by atoms with Gasteiger partial charge in [-0.05, 0) is 25.0 Å². The molecule has 1 saturated carbocycles. The van der Waals surface area contributed by atoms with Crippen LogP contribution >= 0.6 is 35.0 Å². The highest BCUT2D eigenvalue weighted by Gasteiger charge is 2.37. The van der Waals surface area contributed by atoms with E-state index in [9.17, 15) is 0 Å². The largest absolute Gasteiger partial charge is 0.130 e. The molecule has 0 spiro atoms. The fourth-order valence-corrected chi connectivity index (χ4v) is 3.84. The van der Waals surface area contributed by atoms with Crippen LogP contribution in [0.1, 0.15) is 25.7 Å². The summed E-state index contributed by atoms with van der Waals surface area (Å²) in [6.45, 7) is 0. The summed E-state index contributed by atoms with van der Waals surface area (Å²) in [5.41, 5.74) is 0. The molecule has 1 unspecified atom stereocenters.